The maximum atomic E-state index is 12.8. The van der Waals surface area contributed by atoms with Gasteiger partial charge >= 0.3 is 0 Å². The van der Waals surface area contributed by atoms with Crippen LogP contribution in [0.2, 0.25) is 0 Å². The summed E-state index contributed by atoms with van der Waals surface area (Å²) in [5, 5.41) is 1.31. The van der Waals surface area contributed by atoms with Crippen molar-refractivity contribution in [3.05, 3.63) is 35.5 Å². The standard InChI is InChI=1S/C19H22N2O/c1-2-12-9-13-10-17(22)21-16-6-4-3-5-14(16)15-7-8-20(11-12)18(13)19(15)21/h3-6,12-13,18H,2,7-11H2,1H3/t12-,13-,18-/m0/s1. The summed E-state index contributed by atoms with van der Waals surface area (Å²) in [6.45, 7) is 4.67. The molecular weight excluding hydrogens is 272 g/mol. The number of rotatable bonds is 1. The molecule has 0 amide bonds. The molecule has 22 heavy (non-hydrogen) atoms. The molecule has 5 rings (SSSR count). The smallest absolute Gasteiger partial charge is 0.231 e. The van der Waals surface area contributed by atoms with Gasteiger partial charge in [-0.05, 0) is 36.3 Å². The minimum atomic E-state index is 0.317. The lowest BCUT2D eigenvalue weighted by Crippen LogP contribution is -2.50. The lowest BCUT2D eigenvalue weighted by atomic mass is 9.74. The normalized spacial score (nSPS) is 30.6. The molecule has 3 heteroatoms. The molecule has 3 nitrogen and oxygen atoms in total. The monoisotopic (exact) mass is 294 g/mol. The molecule has 0 N–H and O–H groups in total. The van der Waals surface area contributed by atoms with E-state index < -0.39 is 0 Å². The second-order valence-corrected chi connectivity index (χ2v) is 7.27. The number of hydrogen-bond acceptors (Lipinski definition) is 2. The molecule has 0 saturated carbocycles. The van der Waals surface area contributed by atoms with Crippen molar-refractivity contribution in [3.8, 4) is 0 Å². The molecule has 1 aromatic carbocycles. The lowest BCUT2D eigenvalue weighted by Gasteiger charge is -2.49. The van der Waals surface area contributed by atoms with Crippen molar-refractivity contribution in [1.82, 2.24) is 9.47 Å². The Labute approximate surface area is 130 Å². The Balaban J connectivity index is 1.76. The average Bonchev–Trinajstić information content (AvgIpc) is 2.89. The molecule has 2 aromatic rings. The van der Waals surface area contributed by atoms with Crippen LogP contribution in [0.15, 0.2) is 24.3 Å². The van der Waals surface area contributed by atoms with Gasteiger partial charge in [-0.3, -0.25) is 14.3 Å². The third-order valence-corrected chi connectivity index (χ3v) is 6.18. The van der Waals surface area contributed by atoms with Crippen LogP contribution in [0.3, 0.4) is 0 Å². The highest BCUT2D eigenvalue weighted by molar-refractivity contribution is 5.97. The zero-order valence-electron chi connectivity index (χ0n) is 13.1. The second kappa shape index (κ2) is 4.45. The first-order valence-electron chi connectivity index (χ1n) is 8.67. The van der Waals surface area contributed by atoms with E-state index in [4.69, 9.17) is 0 Å². The summed E-state index contributed by atoms with van der Waals surface area (Å²) in [5.74, 6) is 1.62. The number of carbonyl (C=O) groups is 1. The van der Waals surface area contributed by atoms with Gasteiger partial charge in [-0.15, -0.1) is 0 Å². The van der Waals surface area contributed by atoms with Gasteiger partial charge in [0.2, 0.25) is 5.91 Å². The molecule has 114 valence electrons. The zero-order chi connectivity index (χ0) is 14.8. The fourth-order valence-corrected chi connectivity index (χ4v) is 5.23. The molecule has 0 bridgehead atoms. The first kappa shape index (κ1) is 12.9. The van der Waals surface area contributed by atoms with Crippen LogP contribution in [0, 0.1) is 11.8 Å². The highest BCUT2D eigenvalue weighted by atomic mass is 16.2. The zero-order valence-corrected chi connectivity index (χ0v) is 13.1. The average molecular weight is 294 g/mol. The van der Waals surface area contributed by atoms with Crippen LogP contribution in [0.5, 0.6) is 0 Å². The largest absolute Gasteiger partial charge is 0.294 e. The maximum Gasteiger partial charge on any atom is 0.231 e. The Bertz CT molecular complexity index is 775. The van der Waals surface area contributed by atoms with Crippen LogP contribution < -0.4 is 0 Å². The molecule has 0 radical (unpaired) electrons. The molecule has 0 spiro atoms. The van der Waals surface area contributed by atoms with Crippen molar-refractivity contribution in [2.75, 3.05) is 13.1 Å². The van der Waals surface area contributed by atoms with Crippen LogP contribution in [-0.4, -0.2) is 28.5 Å². The van der Waals surface area contributed by atoms with E-state index in [1.54, 1.807) is 0 Å². The molecular formula is C19H22N2O. The fourth-order valence-electron chi connectivity index (χ4n) is 5.23. The van der Waals surface area contributed by atoms with Crippen molar-refractivity contribution in [1.29, 1.82) is 0 Å². The van der Waals surface area contributed by atoms with E-state index in [1.165, 1.54) is 36.0 Å². The van der Waals surface area contributed by atoms with E-state index in [1.807, 2.05) is 0 Å². The van der Waals surface area contributed by atoms with Crippen LogP contribution in [0.4, 0.5) is 0 Å². The molecule has 3 aliphatic rings. The van der Waals surface area contributed by atoms with Crippen LogP contribution in [0.25, 0.3) is 10.9 Å². The van der Waals surface area contributed by atoms with Crippen molar-refractivity contribution in [3.63, 3.8) is 0 Å². The molecule has 3 atom stereocenters. The van der Waals surface area contributed by atoms with E-state index in [0.29, 0.717) is 17.9 Å². The third kappa shape index (κ3) is 1.52. The first-order chi connectivity index (χ1) is 10.8. The van der Waals surface area contributed by atoms with Gasteiger partial charge in [-0.1, -0.05) is 31.5 Å². The predicted octanol–water partition coefficient (Wildman–Crippen LogP) is 3.63. The topological polar surface area (TPSA) is 25.2 Å². The summed E-state index contributed by atoms with van der Waals surface area (Å²) in [5.41, 5.74) is 3.92. The van der Waals surface area contributed by atoms with Gasteiger partial charge in [0.05, 0.1) is 11.6 Å². The predicted molar refractivity (Wildman–Crippen MR) is 87.1 cm³/mol. The Hall–Kier alpha value is -1.61. The van der Waals surface area contributed by atoms with Crippen molar-refractivity contribution < 1.29 is 4.79 Å². The van der Waals surface area contributed by atoms with E-state index in [-0.39, 0.29) is 0 Å². The molecule has 1 aromatic heterocycles. The molecule has 1 saturated heterocycles. The summed E-state index contributed by atoms with van der Waals surface area (Å²) >= 11 is 0. The number of benzene rings is 1. The highest BCUT2D eigenvalue weighted by Gasteiger charge is 2.46. The van der Waals surface area contributed by atoms with Crippen molar-refractivity contribution in [2.24, 2.45) is 11.8 Å². The Morgan fingerprint density at radius 1 is 1.27 bits per heavy atom. The number of fused-ring (bicyclic) bond motifs is 3. The molecule has 3 aliphatic heterocycles. The van der Waals surface area contributed by atoms with Gasteiger partial charge in [0.15, 0.2) is 0 Å². The van der Waals surface area contributed by atoms with Crippen molar-refractivity contribution in [2.45, 2.75) is 38.6 Å². The van der Waals surface area contributed by atoms with Crippen molar-refractivity contribution >= 4 is 16.8 Å². The van der Waals surface area contributed by atoms with Gasteiger partial charge < -0.3 is 0 Å². The summed E-state index contributed by atoms with van der Waals surface area (Å²) < 4.78 is 2.06. The number of carbonyl (C=O) groups excluding carboxylic acids is 1. The second-order valence-electron chi connectivity index (χ2n) is 7.27. The quantitative estimate of drug-likeness (QED) is 0.802. The van der Waals surface area contributed by atoms with E-state index in [2.05, 4.69) is 40.7 Å². The van der Waals surface area contributed by atoms with Crippen LogP contribution >= 0.6 is 0 Å². The number of hydrogen-bond donors (Lipinski definition) is 0. The Morgan fingerprint density at radius 2 is 2.14 bits per heavy atom. The van der Waals surface area contributed by atoms with Crippen LogP contribution in [-0.2, 0) is 6.42 Å². The number of para-hydroxylation sites is 1. The minimum Gasteiger partial charge on any atom is -0.294 e. The van der Waals surface area contributed by atoms with Gasteiger partial charge in [0.25, 0.3) is 0 Å². The molecule has 4 heterocycles. The van der Waals surface area contributed by atoms with Crippen LogP contribution in [0.1, 0.15) is 48.3 Å². The number of piperidine rings is 1. The lowest BCUT2D eigenvalue weighted by molar-refractivity contribution is 0.0238. The summed E-state index contributed by atoms with van der Waals surface area (Å²) in [6, 6.07) is 8.96. The maximum absolute atomic E-state index is 12.8. The minimum absolute atomic E-state index is 0.317. The Kier molecular flexibility index (Phi) is 2.61. The van der Waals surface area contributed by atoms with E-state index in [0.717, 1.165) is 30.8 Å². The highest BCUT2D eigenvalue weighted by Crippen LogP contribution is 2.49. The van der Waals surface area contributed by atoms with Gasteiger partial charge in [0.1, 0.15) is 0 Å². The molecule has 0 aliphatic carbocycles. The first-order valence-corrected chi connectivity index (χ1v) is 8.67. The number of nitrogens with zero attached hydrogens (tertiary/aromatic N) is 2. The summed E-state index contributed by atoms with van der Waals surface area (Å²) in [7, 11) is 0. The summed E-state index contributed by atoms with van der Waals surface area (Å²) in [4.78, 5) is 15.5. The SMILES string of the molecule is CC[C@H]1C[C@H]2CC(=O)n3c4c(c5ccccc53)CCN(C1)[C@H]42. The van der Waals surface area contributed by atoms with E-state index >= 15 is 0 Å². The van der Waals surface area contributed by atoms with Gasteiger partial charge in [-0.2, -0.15) is 0 Å². The van der Waals surface area contributed by atoms with Gasteiger partial charge in [0, 0.05) is 30.6 Å². The van der Waals surface area contributed by atoms with E-state index in [9.17, 15) is 4.79 Å². The molecule has 0 unspecified atom stereocenters. The summed E-state index contributed by atoms with van der Waals surface area (Å²) in [6.07, 6.45) is 4.28. The van der Waals surface area contributed by atoms with Gasteiger partial charge in [-0.25, -0.2) is 0 Å². The number of aromatic nitrogens is 1. The molecule has 1 fully saturated rings. The fraction of sp³-hybridized carbons (Fsp3) is 0.526. The third-order valence-electron chi connectivity index (χ3n) is 6.18. The Morgan fingerprint density at radius 3 is 3.00 bits per heavy atom.